The predicted molar refractivity (Wildman–Crippen MR) is 95.5 cm³/mol. The highest BCUT2D eigenvalue weighted by molar-refractivity contribution is 7.15. The highest BCUT2D eigenvalue weighted by Gasteiger charge is 2.35. The molecule has 1 aromatic heterocycles. The summed E-state index contributed by atoms with van der Waals surface area (Å²) in [5.41, 5.74) is 1.95. The van der Waals surface area contributed by atoms with Gasteiger partial charge in [-0.2, -0.15) is 0 Å². The summed E-state index contributed by atoms with van der Waals surface area (Å²) in [5, 5.41) is 11.8. The van der Waals surface area contributed by atoms with Crippen molar-refractivity contribution in [3.05, 3.63) is 34.8 Å². The van der Waals surface area contributed by atoms with Gasteiger partial charge in [0.1, 0.15) is 11.6 Å². The molecule has 132 valence electrons. The normalized spacial score (nSPS) is 17.1. The molecule has 0 radical (unpaired) electrons. The maximum absolute atomic E-state index is 12.4. The summed E-state index contributed by atoms with van der Waals surface area (Å²) in [6.07, 6.45) is 0.199. The molecule has 1 aromatic carbocycles. The van der Waals surface area contributed by atoms with Crippen molar-refractivity contribution >= 4 is 34.0 Å². The van der Waals surface area contributed by atoms with E-state index in [4.69, 9.17) is 4.74 Å². The van der Waals surface area contributed by atoms with Gasteiger partial charge in [-0.25, -0.2) is 0 Å². The van der Waals surface area contributed by atoms with Crippen LogP contribution in [0.25, 0.3) is 0 Å². The second-order valence-electron chi connectivity index (χ2n) is 5.87. The summed E-state index contributed by atoms with van der Waals surface area (Å²) in [6, 6.07) is 7.71. The van der Waals surface area contributed by atoms with Crippen molar-refractivity contribution in [2.45, 2.75) is 26.9 Å². The number of hydrogen-bond donors (Lipinski definition) is 1. The molecule has 2 aromatic rings. The molecule has 1 N–H and O–H groups in total. The second kappa shape index (κ2) is 7.71. The van der Waals surface area contributed by atoms with Crippen molar-refractivity contribution in [2.24, 2.45) is 5.92 Å². The monoisotopic (exact) mass is 360 g/mol. The molecule has 1 fully saturated rings. The molecular weight excluding hydrogens is 340 g/mol. The van der Waals surface area contributed by atoms with Crippen LogP contribution in [-0.2, 0) is 20.9 Å². The molecule has 8 heteroatoms. The van der Waals surface area contributed by atoms with Gasteiger partial charge < -0.3 is 15.0 Å². The van der Waals surface area contributed by atoms with E-state index in [-0.39, 0.29) is 18.2 Å². The van der Waals surface area contributed by atoms with Crippen LogP contribution in [0.1, 0.15) is 23.9 Å². The van der Waals surface area contributed by atoms with E-state index in [1.54, 1.807) is 4.90 Å². The summed E-state index contributed by atoms with van der Waals surface area (Å²) < 4.78 is 5.27. The second-order valence-corrected chi connectivity index (χ2v) is 6.93. The van der Waals surface area contributed by atoms with Crippen molar-refractivity contribution in [3.8, 4) is 0 Å². The number of carbonyl (C=O) groups is 2. The standard InChI is InChI=1S/C17H20N4O3S/c1-3-24-10-14-19-20-17(25-14)18-16(23)12-8-15(22)21(9-12)13-6-4-11(2)5-7-13/h4-7,12H,3,8-10H2,1-2H3,(H,18,20,23)/t12-/m0/s1. The lowest BCUT2D eigenvalue weighted by molar-refractivity contribution is -0.122. The first-order valence-corrected chi connectivity index (χ1v) is 8.96. The van der Waals surface area contributed by atoms with Gasteiger partial charge in [0.2, 0.25) is 16.9 Å². The third-order valence-corrected chi connectivity index (χ3v) is 4.78. The number of rotatable bonds is 6. The van der Waals surface area contributed by atoms with Crippen molar-refractivity contribution < 1.29 is 14.3 Å². The van der Waals surface area contributed by atoms with Crippen LogP contribution < -0.4 is 10.2 Å². The molecule has 1 aliphatic rings. The molecule has 1 atom stereocenters. The van der Waals surface area contributed by atoms with Crippen molar-refractivity contribution in [1.29, 1.82) is 0 Å². The number of benzene rings is 1. The molecule has 0 saturated carbocycles. The van der Waals surface area contributed by atoms with E-state index in [9.17, 15) is 9.59 Å². The molecule has 0 unspecified atom stereocenters. The molecule has 1 aliphatic heterocycles. The Kier molecular flexibility index (Phi) is 5.40. The molecule has 2 heterocycles. The maximum atomic E-state index is 12.4. The summed E-state index contributed by atoms with van der Waals surface area (Å²) in [4.78, 5) is 26.3. The predicted octanol–water partition coefficient (Wildman–Crippen LogP) is 2.37. The molecule has 1 saturated heterocycles. The number of hydrogen-bond acceptors (Lipinski definition) is 6. The number of amides is 2. The van der Waals surface area contributed by atoms with Crippen LogP contribution in [0.15, 0.2) is 24.3 Å². The fourth-order valence-corrected chi connectivity index (χ4v) is 3.30. The van der Waals surface area contributed by atoms with Crippen LogP contribution in [0.3, 0.4) is 0 Å². The Balaban J connectivity index is 1.60. The zero-order valence-corrected chi connectivity index (χ0v) is 15.0. The van der Waals surface area contributed by atoms with Gasteiger partial charge in [0.05, 0.1) is 5.92 Å². The molecule has 25 heavy (non-hydrogen) atoms. The number of anilines is 2. The van der Waals surface area contributed by atoms with E-state index in [1.807, 2.05) is 38.1 Å². The molecule has 2 amide bonds. The average Bonchev–Trinajstić information content (AvgIpc) is 3.20. The fourth-order valence-electron chi connectivity index (χ4n) is 2.62. The number of carbonyl (C=O) groups excluding carboxylic acids is 2. The molecule has 7 nitrogen and oxygen atoms in total. The molecule has 0 bridgehead atoms. The van der Waals surface area contributed by atoms with Crippen LogP contribution >= 0.6 is 11.3 Å². The van der Waals surface area contributed by atoms with E-state index >= 15 is 0 Å². The van der Waals surface area contributed by atoms with Crippen molar-refractivity contribution in [3.63, 3.8) is 0 Å². The van der Waals surface area contributed by atoms with Gasteiger partial charge in [-0.05, 0) is 26.0 Å². The lowest BCUT2D eigenvalue weighted by atomic mass is 10.1. The van der Waals surface area contributed by atoms with Gasteiger partial charge in [0, 0.05) is 25.3 Å². The Bertz CT molecular complexity index is 760. The van der Waals surface area contributed by atoms with Gasteiger partial charge in [-0.15, -0.1) is 10.2 Å². The third-order valence-electron chi connectivity index (χ3n) is 3.97. The molecule has 0 aliphatic carbocycles. The molecule has 3 rings (SSSR count). The van der Waals surface area contributed by atoms with Gasteiger partial charge in [-0.3, -0.25) is 9.59 Å². The van der Waals surface area contributed by atoms with Crippen LogP contribution in [0.5, 0.6) is 0 Å². The molecule has 0 spiro atoms. The van der Waals surface area contributed by atoms with E-state index in [0.717, 1.165) is 11.3 Å². The Hall–Kier alpha value is -2.32. The van der Waals surface area contributed by atoms with Gasteiger partial charge >= 0.3 is 0 Å². The van der Waals surface area contributed by atoms with Crippen LogP contribution in [0.4, 0.5) is 10.8 Å². The third kappa shape index (κ3) is 4.21. The minimum absolute atomic E-state index is 0.0432. The van der Waals surface area contributed by atoms with Crippen molar-refractivity contribution in [2.75, 3.05) is 23.4 Å². The SMILES string of the molecule is CCOCc1nnc(NC(=O)[C@H]2CC(=O)N(c3ccc(C)cc3)C2)s1. The van der Waals surface area contributed by atoms with E-state index in [0.29, 0.717) is 29.9 Å². The van der Waals surface area contributed by atoms with E-state index in [2.05, 4.69) is 15.5 Å². The minimum Gasteiger partial charge on any atom is -0.374 e. The number of nitrogens with zero attached hydrogens (tertiary/aromatic N) is 3. The van der Waals surface area contributed by atoms with Crippen LogP contribution in [0, 0.1) is 12.8 Å². The highest BCUT2D eigenvalue weighted by atomic mass is 32.1. The van der Waals surface area contributed by atoms with Crippen molar-refractivity contribution in [1.82, 2.24) is 10.2 Å². The number of aryl methyl sites for hydroxylation is 1. The van der Waals surface area contributed by atoms with Crippen LogP contribution in [0.2, 0.25) is 0 Å². The Labute approximate surface area is 150 Å². The van der Waals surface area contributed by atoms with E-state index in [1.165, 1.54) is 11.3 Å². The first-order valence-electron chi connectivity index (χ1n) is 8.15. The lowest BCUT2D eigenvalue weighted by Gasteiger charge is -2.16. The summed E-state index contributed by atoms with van der Waals surface area (Å²) in [6.45, 7) is 5.25. The smallest absolute Gasteiger partial charge is 0.231 e. The average molecular weight is 360 g/mol. The summed E-state index contributed by atoms with van der Waals surface area (Å²) in [5.74, 6) is -0.645. The van der Waals surface area contributed by atoms with Gasteiger partial charge in [0.15, 0.2) is 0 Å². The lowest BCUT2D eigenvalue weighted by Crippen LogP contribution is -2.28. The number of nitrogens with one attached hydrogen (secondary N) is 1. The summed E-state index contributed by atoms with van der Waals surface area (Å²) >= 11 is 1.28. The zero-order chi connectivity index (χ0) is 17.8. The fraction of sp³-hybridized carbons (Fsp3) is 0.412. The quantitative estimate of drug-likeness (QED) is 0.855. The topological polar surface area (TPSA) is 84.4 Å². The molecular formula is C17H20N4O3S. The van der Waals surface area contributed by atoms with Crippen LogP contribution in [-0.4, -0.2) is 35.2 Å². The largest absolute Gasteiger partial charge is 0.374 e. The summed E-state index contributed by atoms with van der Waals surface area (Å²) in [7, 11) is 0. The Morgan fingerprint density at radius 1 is 1.36 bits per heavy atom. The zero-order valence-electron chi connectivity index (χ0n) is 14.2. The van der Waals surface area contributed by atoms with Gasteiger partial charge in [-0.1, -0.05) is 29.0 Å². The first-order chi connectivity index (χ1) is 12.1. The minimum atomic E-state index is -0.395. The Morgan fingerprint density at radius 2 is 2.12 bits per heavy atom. The highest BCUT2D eigenvalue weighted by Crippen LogP contribution is 2.26. The van der Waals surface area contributed by atoms with Gasteiger partial charge in [0.25, 0.3) is 0 Å². The Morgan fingerprint density at radius 3 is 2.84 bits per heavy atom. The number of aromatic nitrogens is 2. The number of ether oxygens (including phenoxy) is 1. The maximum Gasteiger partial charge on any atom is 0.231 e. The van der Waals surface area contributed by atoms with E-state index < -0.39 is 5.92 Å². The first kappa shape index (κ1) is 17.5.